The molecule has 28 heavy (non-hydrogen) atoms. The largest absolute Gasteiger partial charge is 0.378 e. The minimum absolute atomic E-state index is 0.0197. The topological polar surface area (TPSA) is 63.1 Å². The van der Waals surface area contributed by atoms with E-state index in [1.54, 1.807) is 24.3 Å². The summed E-state index contributed by atoms with van der Waals surface area (Å²) in [6.45, 7) is 2.41. The Hall–Kier alpha value is -2.41. The van der Waals surface area contributed by atoms with E-state index in [2.05, 4.69) is 5.32 Å². The van der Waals surface area contributed by atoms with E-state index in [-0.39, 0.29) is 18.4 Å². The van der Waals surface area contributed by atoms with Crippen molar-refractivity contribution in [1.29, 1.82) is 0 Å². The fraction of sp³-hybridized carbons (Fsp3) is 0.333. The first-order valence-electron chi connectivity index (χ1n) is 9.34. The van der Waals surface area contributed by atoms with Crippen LogP contribution in [-0.2, 0) is 14.3 Å². The molecule has 2 aromatic rings. The van der Waals surface area contributed by atoms with Gasteiger partial charge in [-0.25, -0.2) is 0 Å². The number of hydrogen-bond donors (Lipinski definition) is 2. The van der Waals surface area contributed by atoms with Crippen LogP contribution in [0.5, 0.6) is 0 Å². The highest BCUT2D eigenvalue weighted by Crippen LogP contribution is 2.15. The zero-order valence-electron chi connectivity index (χ0n) is 15.9. The molecule has 2 N–H and O–H groups in total. The number of rotatable bonds is 6. The molecule has 1 unspecified atom stereocenters. The summed E-state index contributed by atoms with van der Waals surface area (Å²) < 4.78 is 5.36. The number of carbonyl (C=O) groups excluding carboxylic acids is 2. The Morgan fingerprint density at radius 3 is 2.39 bits per heavy atom. The lowest BCUT2D eigenvalue weighted by molar-refractivity contribution is -0.894. The number of likely N-dealkylation sites (N-methyl/N-ethyl adjacent to an activating group) is 1. The maximum atomic E-state index is 13.2. The van der Waals surface area contributed by atoms with Crippen molar-refractivity contribution in [2.45, 2.75) is 6.04 Å². The van der Waals surface area contributed by atoms with E-state index in [0.717, 1.165) is 10.5 Å². The van der Waals surface area contributed by atoms with Gasteiger partial charge in [-0.05, 0) is 24.3 Å². The Kier molecular flexibility index (Phi) is 7.03. The number of quaternary nitrogens is 1. The third-order valence-corrected chi connectivity index (χ3v) is 5.01. The maximum Gasteiger partial charge on any atom is 0.285 e. The van der Waals surface area contributed by atoms with Gasteiger partial charge in [0.2, 0.25) is 0 Å². The molecular formula is C21H25ClN3O3+. The van der Waals surface area contributed by atoms with Crippen LogP contribution in [-0.4, -0.2) is 56.6 Å². The number of nitrogens with one attached hydrogen (secondary N) is 2. The van der Waals surface area contributed by atoms with Crippen molar-refractivity contribution in [3.05, 3.63) is 65.2 Å². The number of nitrogens with zero attached hydrogens (tertiary/aromatic N) is 1. The van der Waals surface area contributed by atoms with Crippen molar-refractivity contribution >= 4 is 29.1 Å². The molecule has 1 saturated heterocycles. The Morgan fingerprint density at radius 2 is 1.75 bits per heavy atom. The normalized spacial score (nSPS) is 16.3. The molecule has 1 aliphatic heterocycles. The van der Waals surface area contributed by atoms with Crippen LogP contribution in [0.25, 0.3) is 0 Å². The fourth-order valence-corrected chi connectivity index (χ4v) is 3.47. The smallest absolute Gasteiger partial charge is 0.285 e. The second kappa shape index (κ2) is 9.68. The van der Waals surface area contributed by atoms with Gasteiger partial charge in [0.1, 0.15) is 0 Å². The Morgan fingerprint density at radius 1 is 1.11 bits per heavy atom. The highest BCUT2D eigenvalue weighted by Gasteiger charge is 2.34. The van der Waals surface area contributed by atoms with Crippen molar-refractivity contribution in [3.63, 3.8) is 0 Å². The average Bonchev–Trinajstić information content (AvgIpc) is 2.71. The summed E-state index contributed by atoms with van der Waals surface area (Å²) in [5, 5.41) is 3.47. The van der Waals surface area contributed by atoms with Gasteiger partial charge in [-0.3, -0.25) is 9.59 Å². The second-order valence-electron chi connectivity index (χ2n) is 6.86. The summed E-state index contributed by atoms with van der Waals surface area (Å²) in [4.78, 5) is 28.4. The van der Waals surface area contributed by atoms with E-state index in [1.165, 1.54) is 0 Å². The molecule has 1 aliphatic rings. The van der Waals surface area contributed by atoms with Crippen LogP contribution in [0.1, 0.15) is 11.6 Å². The number of morpholine rings is 1. The SMILES string of the molecule is C[NH+](CC(=O)Nc1ccc(Cl)cc1)[C@H](C(=O)N1CCOCC1)c1ccccc1. The molecule has 7 heteroatoms. The zero-order valence-corrected chi connectivity index (χ0v) is 16.6. The molecule has 0 spiro atoms. The predicted molar refractivity (Wildman–Crippen MR) is 108 cm³/mol. The molecule has 0 radical (unpaired) electrons. The summed E-state index contributed by atoms with van der Waals surface area (Å²) in [6, 6.07) is 16.1. The van der Waals surface area contributed by atoms with E-state index < -0.39 is 6.04 Å². The lowest BCUT2D eigenvalue weighted by Gasteiger charge is -2.32. The van der Waals surface area contributed by atoms with Crippen LogP contribution in [0, 0.1) is 0 Å². The number of halogens is 1. The minimum atomic E-state index is -0.449. The minimum Gasteiger partial charge on any atom is -0.378 e. The third-order valence-electron chi connectivity index (χ3n) is 4.76. The molecule has 6 nitrogen and oxygen atoms in total. The first-order valence-corrected chi connectivity index (χ1v) is 9.71. The highest BCUT2D eigenvalue weighted by molar-refractivity contribution is 6.30. The Balaban J connectivity index is 1.72. The molecule has 2 aromatic carbocycles. The number of hydrogen-bond acceptors (Lipinski definition) is 3. The van der Waals surface area contributed by atoms with E-state index in [4.69, 9.17) is 16.3 Å². The Labute approximate surface area is 170 Å². The molecular weight excluding hydrogens is 378 g/mol. The molecule has 0 aliphatic carbocycles. The summed E-state index contributed by atoms with van der Waals surface area (Å²) in [6.07, 6.45) is 0. The monoisotopic (exact) mass is 402 g/mol. The van der Waals surface area contributed by atoms with Gasteiger partial charge >= 0.3 is 0 Å². The van der Waals surface area contributed by atoms with Gasteiger partial charge in [0.15, 0.2) is 12.6 Å². The van der Waals surface area contributed by atoms with Crippen molar-refractivity contribution in [1.82, 2.24) is 4.90 Å². The van der Waals surface area contributed by atoms with E-state index in [9.17, 15) is 9.59 Å². The summed E-state index contributed by atoms with van der Waals surface area (Å²) in [7, 11) is 1.87. The summed E-state index contributed by atoms with van der Waals surface area (Å²) in [5.41, 5.74) is 1.58. The lowest BCUT2D eigenvalue weighted by Crippen LogP contribution is -3.11. The number of amides is 2. The molecule has 0 bridgehead atoms. The Bertz CT molecular complexity index is 792. The summed E-state index contributed by atoms with van der Waals surface area (Å²) >= 11 is 5.88. The number of benzene rings is 2. The fourth-order valence-electron chi connectivity index (χ4n) is 3.34. The van der Waals surface area contributed by atoms with Crippen LogP contribution in [0.4, 0.5) is 5.69 Å². The standard InChI is InChI=1S/C21H24ClN3O3/c1-24(15-19(26)23-18-9-7-17(22)8-10-18)20(16-5-3-2-4-6-16)21(27)25-11-13-28-14-12-25/h2-10,20H,11-15H2,1H3,(H,23,26)/p+1/t20-/m0/s1. The van der Waals surface area contributed by atoms with Gasteiger partial charge in [0.05, 0.1) is 20.3 Å². The van der Waals surface area contributed by atoms with Gasteiger partial charge in [0, 0.05) is 29.4 Å². The van der Waals surface area contributed by atoms with Gasteiger partial charge < -0.3 is 19.9 Å². The van der Waals surface area contributed by atoms with Crippen LogP contribution >= 0.6 is 11.6 Å². The molecule has 1 fully saturated rings. The van der Waals surface area contributed by atoms with Crippen molar-refractivity contribution < 1.29 is 19.2 Å². The van der Waals surface area contributed by atoms with Gasteiger partial charge in [-0.15, -0.1) is 0 Å². The van der Waals surface area contributed by atoms with Crippen molar-refractivity contribution in [3.8, 4) is 0 Å². The van der Waals surface area contributed by atoms with E-state index >= 15 is 0 Å². The van der Waals surface area contributed by atoms with Crippen LogP contribution < -0.4 is 10.2 Å². The zero-order chi connectivity index (χ0) is 19.9. The molecule has 2 amide bonds. The second-order valence-corrected chi connectivity index (χ2v) is 7.30. The van der Waals surface area contributed by atoms with Gasteiger partial charge in [-0.2, -0.15) is 0 Å². The molecule has 3 rings (SSSR count). The van der Waals surface area contributed by atoms with E-state index in [0.29, 0.717) is 37.0 Å². The number of ether oxygens (including phenoxy) is 1. The van der Waals surface area contributed by atoms with Crippen LogP contribution in [0.3, 0.4) is 0 Å². The molecule has 148 valence electrons. The van der Waals surface area contributed by atoms with Gasteiger partial charge in [-0.1, -0.05) is 41.9 Å². The summed E-state index contributed by atoms with van der Waals surface area (Å²) in [5.74, 6) is -0.137. The maximum absolute atomic E-state index is 13.2. The molecule has 0 aromatic heterocycles. The first-order chi connectivity index (χ1) is 13.5. The first kappa shape index (κ1) is 20.3. The number of carbonyl (C=O) groups is 2. The van der Waals surface area contributed by atoms with Crippen LogP contribution in [0.2, 0.25) is 5.02 Å². The van der Waals surface area contributed by atoms with E-state index in [1.807, 2.05) is 42.3 Å². The molecule has 1 heterocycles. The predicted octanol–water partition coefficient (Wildman–Crippen LogP) is 1.39. The highest BCUT2D eigenvalue weighted by atomic mass is 35.5. The lowest BCUT2D eigenvalue weighted by atomic mass is 10.0. The van der Waals surface area contributed by atoms with Crippen molar-refractivity contribution in [2.24, 2.45) is 0 Å². The quantitative estimate of drug-likeness (QED) is 0.767. The number of anilines is 1. The molecule has 0 saturated carbocycles. The molecule has 2 atom stereocenters. The third kappa shape index (κ3) is 5.32. The van der Waals surface area contributed by atoms with Crippen LogP contribution in [0.15, 0.2) is 54.6 Å². The average molecular weight is 403 g/mol. The van der Waals surface area contributed by atoms with Crippen molar-refractivity contribution in [2.75, 3.05) is 45.2 Å². The van der Waals surface area contributed by atoms with Gasteiger partial charge in [0.25, 0.3) is 11.8 Å².